The third kappa shape index (κ3) is 3.67. The number of rotatable bonds is 6. The van der Waals surface area contributed by atoms with E-state index < -0.39 is 5.97 Å². The second-order valence-electron chi connectivity index (χ2n) is 3.89. The van der Waals surface area contributed by atoms with Crippen LogP contribution in [0.15, 0.2) is 5.16 Å². The normalized spacial score (nSPS) is 19.6. The summed E-state index contributed by atoms with van der Waals surface area (Å²) in [5.74, 6) is -0.322. The van der Waals surface area contributed by atoms with Gasteiger partial charge in [0.2, 0.25) is 5.16 Å². The highest BCUT2D eigenvalue weighted by Crippen LogP contribution is 2.19. The third-order valence-corrected chi connectivity index (χ3v) is 3.54. The number of carbonyl (C=O) groups is 1. The van der Waals surface area contributed by atoms with Gasteiger partial charge in [0, 0.05) is 19.8 Å². The molecule has 1 aromatic rings. The van der Waals surface area contributed by atoms with Crippen molar-refractivity contribution in [1.82, 2.24) is 20.2 Å². The molecule has 2 rings (SSSR count). The molecule has 1 aromatic heterocycles. The Balaban J connectivity index is 1.82. The minimum Gasteiger partial charge on any atom is -0.481 e. The first-order chi connectivity index (χ1) is 8.25. The molecule has 0 bridgehead atoms. The van der Waals surface area contributed by atoms with E-state index in [1.165, 1.54) is 0 Å². The van der Waals surface area contributed by atoms with Gasteiger partial charge in [-0.1, -0.05) is 11.8 Å². The Kier molecular flexibility index (Phi) is 4.32. The first kappa shape index (κ1) is 12.3. The monoisotopic (exact) mass is 258 g/mol. The molecule has 8 heteroatoms. The Labute approximate surface area is 103 Å². The lowest BCUT2D eigenvalue weighted by Gasteiger charge is -2.07. The maximum Gasteiger partial charge on any atom is 0.313 e. The summed E-state index contributed by atoms with van der Waals surface area (Å²) in [5, 5.41) is 20.4. The van der Waals surface area contributed by atoms with E-state index in [1.54, 1.807) is 4.68 Å². The molecule has 7 nitrogen and oxygen atoms in total. The van der Waals surface area contributed by atoms with Gasteiger partial charge in [0.05, 0.1) is 5.75 Å². The summed E-state index contributed by atoms with van der Waals surface area (Å²) in [5.41, 5.74) is 0. The Bertz CT molecular complexity index is 378. The number of thioether (sulfide) groups is 1. The van der Waals surface area contributed by atoms with Crippen LogP contribution < -0.4 is 0 Å². The average molecular weight is 258 g/mol. The van der Waals surface area contributed by atoms with Gasteiger partial charge < -0.3 is 9.84 Å². The molecule has 1 aliphatic rings. The van der Waals surface area contributed by atoms with Gasteiger partial charge in [0.15, 0.2) is 0 Å². The zero-order valence-electron chi connectivity index (χ0n) is 9.28. The smallest absolute Gasteiger partial charge is 0.313 e. The highest BCUT2D eigenvalue weighted by Gasteiger charge is 2.17. The van der Waals surface area contributed by atoms with Crippen LogP contribution in [-0.2, 0) is 16.1 Å². The van der Waals surface area contributed by atoms with Crippen molar-refractivity contribution in [3.63, 3.8) is 0 Å². The largest absolute Gasteiger partial charge is 0.481 e. The van der Waals surface area contributed by atoms with Gasteiger partial charge in [-0.3, -0.25) is 4.79 Å². The van der Waals surface area contributed by atoms with Crippen LogP contribution >= 0.6 is 11.8 Å². The molecule has 0 aliphatic carbocycles. The van der Waals surface area contributed by atoms with E-state index in [9.17, 15) is 4.79 Å². The predicted octanol–water partition coefficient (Wildman–Crippen LogP) is 0.276. The van der Waals surface area contributed by atoms with Gasteiger partial charge in [0.1, 0.15) is 0 Å². The van der Waals surface area contributed by atoms with Crippen LogP contribution in [0.25, 0.3) is 0 Å². The maximum atomic E-state index is 10.5. The zero-order chi connectivity index (χ0) is 12.1. The van der Waals surface area contributed by atoms with E-state index in [1.807, 2.05) is 0 Å². The van der Waals surface area contributed by atoms with Crippen LogP contribution in [-0.4, -0.2) is 50.2 Å². The SMILES string of the molecule is O=C(O)CSc1nnnn1CCC1CCOC1. The maximum absolute atomic E-state index is 10.5. The lowest BCUT2D eigenvalue weighted by atomic mass is 10.1. The van der Waals surface area contributed by atoms with Gasteiger partial charge in [-0.15, -0.1) is 5.10 Å². The molecule has 1 N–H and O–H groups in total. The minimum atomic E-state index is -0.867. The van der Waals surface area contributed by atoms with Gasteiger partial charge in [-0.2, -0.15) is 0 Å². The Hall–Kier alpha value is -1.15. The van der Waals surface area contributed by atoms with Crippen molar-refractivity contribution in [3.8, 4) is 0 Å². The number of hydrogen-bond donors (Lipinski definition) is 1. The van der Waals surface area contributed by atoms with Crippen molar-refractivity contribution in [2.24, 2.45) is 5.92 Å². The van der Waals surface area contributed by atoms with E-state index >= 15 is 0 Å². The number of aromatic nitrogens is 4. The molecule has 1 aliphatic heterocycles. The standard InChI is InChI=1S/C9H14N4O3S/c14-8(15)6-17-9-10-11-12-13(9)3-1-7-2-4-16-5-7/h7H,1-6H2,(H,14,15). The summed E-state index contributed by atoms with van der Waals surface area (Å²) >= 11 is 1.14. The molecular formula is C9H14N4O3S. The first-order valence-electron chi connectivity index (χ1n) is 5.44. The van der Waals surface area contributed by atoms with E-state index in [-0.39, 0.29) is 5.75 Å². The number of carboxylic acid groups (broad SMARTS) is 1. The molecule has 1 saturated heterocycles. The molecule has 94 valence electrons. The van der Waals surface area contributed by atoms with Crippen molar-refractivity contribution in [2.45, 2.75) is 24.5 Å². The van der Waals surface area contributed by atoms with Gasteiger partial charge >= 0.3 is 5.97 Å². The van der Waals surface area contributed by atoms with Crippen LogP contribution in [0, 0.1) is 5.92 Å². The van der Waals surface area contributed by atoms with E-state index in [4.69, 9.17) is 9.84 Å². The van der Waals surface area contributed by atoms with E-state index in [0.29, 0.717) is 17.6 Å². The lowest BCUT2D eigenvalue weighted by Crippen LogP contribution is -2.09. The molecule has 1 atom stereocenters. The summed E-state index contributed by atoms with van der Waals surface area (Å²) < 4.78 is 6.95. The number of nitrogens with zero attached hydrogens (tertiary/aromatic N) is 4. The van der Waals surface area contributed by atoms with Crippen LogP contribution in [0.1, 0.15) is 12.8 Å². The second-order valence-corrected chi connectivity index (χ2v) is 4.83. The van der Waals surface area contributed by atoms with Crippen molar-refractivity contribution in [1.29, 1.82) is 0 Å². The zero-order valence-corrected chi connectivity index (χ0v) is 10.1. The van der Waals surface area contributed by atoms with Crippen molar-refractivity contribution < 1.29 is 14.6 Å². The van der Waals surface area contributed by atoms with Crippen molar-refractivity contribution in [3.05, 3.63) is 0 Å². The van der Waals surface area contributed by atoms with Gasteiger partial charge in [-0.05, 0) is 29.2 Å². The molecule has 17 heavy (non-hydrogen) atoms. The number of carboxylic acids is 1. The molecule has 0 radical (unpaired) electrons. The molecule has 1 unspecified atom stereocenters. The first-order valence-corrected chi connectivity index (χ1v) is 6.43. The Morgan fingerprint density at radius 2 is 2.53 bits per heavy atom. The number of tetrazole rings is 1. The van der Waals surface area contributed by atoms with Crippen LogP contribution in [0.3, 0.4) is 0 Å². The number of hydrogen-bond acceptors (Lipinski definition) is 6. The molecule has 2 heterocycles. The minimum absolute atomic E-state index is 0.0209. The van der Waals surface area contributed by atoms with Gasteiger partial charge in [0.25, 0.3) is 0 Å². The highest BCUT2D eigenvalue weighted by atomic mass is 32.2. The summed E-state index contributed by atoms with van der Waals surface area (Å²) in [4.78, 5) is 10.5. The average Bonchev–Trinajstić information content (AvgIpc) is 2.95. The summed E-state index contributed by atoms with van der Waals surface area (Å²) in [7, 11) is 0. The van der Waals surface area contributed by atoms with Crippen LogP contribution in [0.2, 0.25) is 0 Å². The molecule has 0 spiro atoms. The van der Waals surface area contributed by atoms with Gasteiger partial charge in [-0.25, -0.2) is 4.68 Å². The summed E-state index contributed by atoms with van der Waals surface area (Å²) in [6.45, 7) is 2.35. The van der Waals surface area contributed by atoms with E-state index in [2.05, 4.69) is 15.5 Å². The molecule has 0 aromatic carbocycles. The van der Waals surface area contributed by atoms with E-state index in [0.717, 1.165) is 37.8 Å². The fraction of sp³-hybridized carbons (Fsp3) is 0.778. The lowest BCUT2D eigenvalue weighted by molar-refractivity contribution is -0.133. The van der Waals surface area contributed by atoms with Crippen LogP contribution in [0.5, 0.6) is 0 Å². The number of aryl methyl sites for hydroxylation is 1. The molecular weight excluding hydrogens is 244 g/mol. The Morgan fingerprint density at radius 1 is 1.65 bits per heavy atom. The quantitative estimate of drug-likeness (QED) is 0.733. The number of ether oxygens (including phenoxy) is 1. The fourth-order valence-electron chi connectivity index (χ4n) is 1.68. The topological polar surface area (TPSA) is 90.1 Å². The summed E-state index contributed by atoms with van der Waals surface area (Å²) in [6, 6.07) is 0. The highest BCUT2D eigenvalue weighted by molar-refractivity contribution is 7.99. The molecule has 0 saturated carbocycles. The third-order valence-electron chi connectivity index (χ3n) is 2.60. The molecule has 1 fully saturated rings. The Morgan fingerprint density at radius 3 is 3.24 bits per heavy atom. The fourth-order valence-corrected chi connectivity index (χ4v) is 2.31. The molecule has 0 amide bonds. The summed E-state index contributed by atoms with van der Waals surface area (Å²) in [6.07, 6.45) is 2.05. The second kappa shape index (κ2) is 5.97. The number of aliphatic carboxylic acids is 1. The van der Waals surface area contributed by atoms with Crippen LogP contribution in [0.4, 0.5) is 0 Å². The predicted molar refractivity (Wildman–Crippen MR) is 59.7 cm³/mol. The van der Waals surface area contributed by atoms with Crippen molar-refractivity contribution >= 4 is 17.7 Å². The van der Waals surface area contributed by atoms with Crippen molar-refractivity contribution in [2.75, 3.05) is 19.0 Å².